The van der Waals surface area contributed by atoms with E-state index in [1.165, 1.54) is 37.4 Å². The minimum atomic E-state index is -4.19. The highest BCUT2D eigenvalue weighted by molar-refractivity contribution is 7.95. The highest BCUT2D eigenvalue weighted by atomic mass is 32.2. The third-order valence-corrected chi connectivity index (χ3v) is 7.55. The van der Waals surface area contributed by atoms with Gasteiger partial charge >= 0.3 is 17.6 Å². The first-order chi connectivity index (χ1) is 17.1. The van der Waals surface area contributed by atoms with Gasteiger partial charge in [-0.3, -0.25) is 9.59 Å². The van der Waals surface area contributed by atoms with Crippen LogP contribution in [0.5, 0.6) is 5.75 Å². The Hall–Kier alpha value is -4.14. The first-order valence-corrected chi connectivity index (χ1v) is 12.1. The highest BCUT2D eigenvalue weighted by Crippen LogP contribution is 2.38. The summed E-state index contributed by atoms with van der Waals surface area (Å²) in [5, 5.41) is 0.405. The van der Waals surface area contributed by atoms with E-state index in [0.29, 0.717) is 11.1 Å². The molecule has 0 spiro atoms. The summed E-state index contributed by atoms with van der Waals surface area (Å²) in [6.45, 7) is 3.47. The monoisotopic (exact) mass is 512 g/mol. The Morgan fingerprint density at radius 3 is 2.19 bits per heavy atom. The summed E-state index contributed by atoms with van der Waals surface area (Å²) in [5.74, 6) is -1.69. The molecule has 0 atom stereocenters. The molecule has 0 amide bonds. The van der Waals surface area contributed by atoms with E-state index in [2.05, 4.69) is 12.3 Å². The third-order valence-electron chi connectivity index (χ3n) is 5.72. The first-order valence-electron chi connectivity index (χ1n) is 10.6. The van der Waals surface area contributed by atoms with Crippen molar-refractivity contribution in [2.45, 2.75) is 17.7 Å². The molecule has 1 aromatic heterocycles. The van der Waals surface area contributed by atoms with E-state index in [-0.39, 0.29) is 16.0 Å². The number of rotatable bonds is 9. The molecule has 0 aliphatic rings. The van der Waals surface area contributed by atoms with Crippen LogP contribution in [0.4, 0.5) is 0 Å². The van der Waals surface area contributed by atoms with Crippen LogP contribution in [0.15, 0.2) is 85.9 Å². The van der Waals surface area contributed by atoms with Crippen molar-refractivity contribution < 1.29 is 36.6 Å². The summed E-state index contributed by atoms with van der Waals surface area (Å²) in [7, 11) is -0.624. The van der Waals surface area contributed by atoms with E-state index in [1.54, 1.807) is 18.2 Å². The number of carbonyl (C=O) groups excluding carboxylic acids is 2. The number of methoxy groups -OCH3 is 3. The van der Waals surface area contributed by atoms with Crippen LogP contribution in [-0.2, 0) is 35.3 Å². The molecule has 36 heavy (non-hydrogen) atoms. The molecule has 1 heterocycles. The second kappa shape index (κ2) is 10.6. The van der Waals surface area contributed by atoms with Gasteiger partial charge in [0.25, 0.3) is 0 Å². The van der Waals surface area contributed by atoms with Gasteiger partial charge in [0.1, 0.15) is 11.3 Å². The molecule has 3 aromatic rings. The predicted octanol–water partition coefficient (Wildman–Crippen LogP) is 3.21. The van der Waals surface area contributed by atoms with Crippen molar-refractivity contribution in [3.8, 4) is 5.75 Å². The van der Waals surface area contributed by atoms with Gasteiger partial charge in [0.05, 0.1) is 31.1 Å². The summed E-state index contributed by atoms with van der Waals surface area (Å²) in [4.78, 5) is 38.2. The van der Waals surface area contributed by atoms with Crippen molar-refractivity contribution in [1.29, 1.82) is 0 Å². The van der Waals surface area contributed by atoms with Crippen molar-refractivity contribution in [2.24, 2.45) is 5.41 Å². The maximum Gasteiger partial charge on any atom is 0.336 e. The number of sulfone groups is 1. The summed E-state index contributed by atoms with van der Waals surface area (Å²) in [5.41, 5.74) is -0.177. The Bertz CT molecular complexity index is 1500. The van der Waals surface area contributed by atoms with E-state index < -0.39 is 50.6 Å². The van der Waals surface area contributed by atoms with Gasteiger partial charge in [0.2, 0.25) is 9.84 Å². The molecule has 0 bridgehead atoms. The lowest BCUT2D eigenvalue weighted by Gasteiger charge is -2.29. The second-order valence-corrected chi connectivity index (χ2v) is 9.76. The number of fused-ring (bicyclic) bond motifs is 1. The molecule has 0 N–H and O–H groups in total. The van der Waals surface area contributed by atoms with Gasteiger partial charge in [-0.15, -0.1) is 5.73 Å². The summed E-state index contributed by atoms with van der Waals surface area (Å²) < 4.78 is 47.0. The number of allylic oxidation sites excluding steroid dienone is 1. The molecule has 0 fully saturated rings. The van der Waals surface area contributed by atoms with Crippen molar-refractivity contribution in [3.63, 3.8) is 0 Å². The molecule has 0 saturated heterocycles. The average Bonchev–Trinajstić information content (AvgIpc) is 2.89. The zero-order valence-corrected chi connectivity index (χ0v) is 20.7. The van der Waals surface area contributed by atoms with E-state index in [4.69, 9.17) is 18.6 Å². The standard InChI is InChI=1S/C26H24O9S/c1-5-19(36(30,31)20-9-7-6-8-10-20)16-26(24(28)33-3,25(29)34-4)15-17-13-23(27)35-22-14-18(32-2)11-12-21(17)22/h6-14H,1,15-16H2,2-4H3. The SMILES string of the molecule is C=C=C(CC(Cc1cc(=O)oc2cc(OC)ccc12)(C(=O)OC)C(=O)OC)S(=O)(=O)c1ccccc1. The number of hydrogen-bond donors (Lipinski definition) is 0. The highest BCUT2D eigenvalue weighted by Gasteiger charge is 2.51. The summed E-state index contributed by atoms with van der Waals surface area (Å²) >= 11 is 0. The van der Waals surface area contributed by atoms with Crippen LogP contribution < -0.4 is 10.4 Å². The van der Waals surface area contributed by atoms with E-state index in [1.807, 2.05) is 0 Å². The molecule has 10 heteroatoms. The van der Waals surface area contributed by atoms with E-state index in [9.17, 15) is 22.8 Å². The van der Waals surface area contributed by atoms with Crippen LogP contribution in [0.25, 0.3) is 11.0 Å². The third kappa shape index (κ3) is 4.95. The molecular weight excluding hydrogens is 488 g/mol. The van der Waals surface area contributed by atoms with Crippen molar-refractivity contribution >= 4 is 32.7 Å². The smallest absolute Gasteiger partial charge is 0.336 e. The maximum absolute atomic E-state index is 13.3. The topological polar surface area (TPSA) is 126 Å². The zero-order chi connectivity index (χ0) is 26.5. The van der Waals surface area contributed by atoms with Crippen molar-refractivity contribution in [1.82, 2.24) is 0 Å². The second-order valence-electron chi connectivity index (χ2n) is 7.79. The summed E-state index contributed by atoms with van der Waals surface area (Å²) in [6, 6.07) is 13.3. The summed E-state index contributed by atoms with van der Waals surface area (Å²) in [6.07, 6.45) is -1.11. The Morgan fingerprint density at radius 2 is 1.64 bits per heavy atom. The van der Waals surface area contributed by atoms with Gasteiger partial charge in [0, 0.05) is 30.4 Å². The average molecular weight is 513 g/mol. The Kier molecular flexibility index (Phi) is 7.82. The molecule has 0 radical (unpaired) electrons. The molecule has 9 nitrogen and oxygen atoms in total. The van der Waals surface area contributed by atoms with Crippen molar-refractivity contribution in [3.05, 3.63) is 87.8 Å². The quantitative estimate of drug-likeness (QED) is 0.184. The van der Waals surface area contributed by atoms with Gasteiger partial charge in [-0.25, -0.2) is 13.2 Å². The predicted molar refractivity (Wildman–Crippen MR) is 130 cm³/mol. The number of esters is 2. The van der Waals surface area contributed by atoms with Gasteiger partial charge in [-0.1, -0.05) is 24.8 Å². The van der Waals surface area contributed by atoms with Gasteiger partial charge < -0.3 is 18.6 Å². The van der Waals surface area contributed by atoms with Crippen LogP contribution in [0, 0.1) is 5.41 Å². The Balaban J connectivity index is 2.23. The van der Waals surface area contributed by atoms with Crippen LogP contribution in [0.3, 0.4) is 0 Å². The Labute approximate surface area is 207 Å². The fourth-order valence-corrected chi connectivity index (χ4v) is 5.33. The fraction of sp³-hybridized carbons (Fsp3) is 0.231. The van der Waals surface area contributed by atoms with Gasteiger partial charge in [-0.2, -0.15) is 0 Å². The van der Waals surface area contributed by atoms with Gasteiger partial charge in [-0.05, 0) is 29.8 Å². The molecule has 2 aromatic carbocycles. The number of benzene rings is 2. The van der Waals surface area contributed by atoms with Crippen LogP contribution in [0.2, 0.25) is 0 Å². The molecule has 188 valence electrons. The minimum absolute atomic E-state index is 0.0716. The van der Waals surface area contributed by atoms with E-state index in [0.717, 1.165) is 20.3 Å². The lowest BCUT2D eigenvalue weighted by molar-refractivity contribution is -0.169. The number of carbonyl (C=O) groups is 2. The van der Waals surface area contributed by atoms with E-state index >= 15 is 0 Å². The molecule has 0 unspecified atom stereocenters. The molecule has 3 rings (SSSR count). The maximum atomic E-state index is 13.3. The van der Waals surface area contributed by atoms with Crippen LogP contribution in [-0.4, -0.2) is 41.7 Å². The molecule has 0 aliphatic heterocycles. The molecule has 0 aliphatic carbocycles. The number of hydrogen-bond acceptors (Lipinski definition) is 9. The lowest BCUT2D eigenvalue weighted by Crippen LogP contribution is -2.44. The van der Waals surface area contributed by atoms with Crippen molar-refractivity contribution in [2.75, 3.05) is 21.3 Å². The number of ether oxygens (including phenoxy) is 3. The molecule has 0 saturated carbocycles. The van der Waals surface area contributed by atoms with Gasteiger partial charge in [0.15, 0.2) is 5.41 Å². The Morgan fingerprint density at radius 1 is 1.00 bits per heavy atom. The molecular formula is C26H24O9S. The fourth-order valence-electron chi connectivity index (χ4n) is 3.90. The van der Waals surface area contributed by atoms with Crippen LogP contribution >= 0.6 is 0 Å². The normalized spacial score (nSPS) is 11.4. The lowest BCUT2D eigenvalue weighted by atomic mass is 9.77. The zero-order valence-electron chi connectivity index (χ0n) is 19.9. The van der Waals surface area contributed by atoms with Crippen LogP contribution in [0.1, 0.15) is 12.0 Å². The first kappa shape index (κ1) is 26.5. The minimum Gasteiger partial charge on any atom is -0.497 e. The largest absolute Gasteiger partial charge is 0.497 e.